The highest BCUT2D eigenvalue weighted by Gasteiger charge is 2.22. The summed E-state index contributed by atoms with van der Waals surface area (Å²) in [6.07, 6.45) is 0.883. The molecule has 0 aromatic rings. The summed E-state index contributed by atoms with van der Waals surface area (Å²) in [5, 5.41) is 12.7. The van der Waals surface area contributed by atoms with Gasteiger partial charge >= 0.3 is 0 Å². The topological polar surface area (TPSA) is 66.4 Å². The maximum absolute atomic E-state index is 11.2. The molecule has 0 aromatic carbocycles. The fourth-order valence-corrected chi connectivity index (χ4v) is 2.08. The maximum atomic E-state index is 11.2. The normalized spacial score (nSPS) is 16.6. The third kappa shape index (κ3) is 6.34. The zero-order valence-corrected chi connectivity index (χ0v) is 10.0. The van der Waals surface area contributed by atoms with Crippen LogP contribution in [0.5, 0.6) is 0 Å². The van der Waals surface area contributed by atoms with E-state index in [9.17, 15) is 13.5 Å². The van der Waals surface area contributed by atoms with Crippen molar-refractivity contribution in [3.05, 3.63) is 0 Å². The van der Waals surface area contributed by atoms with Gasteiger partial charge in [-0.25, -0.2) is 8.42 Å². The van der Waals surface area contributed by atoms with Crippen molar-refractivity contribution in [2.45, 2.75) is 32.3 Å². The van der Waals surface area contributed by atoms with Crippen LogP contribution in [0.2, 0.25) is 0 Å². The number of nitrogens with one attached hydrogen (secondary N) is 1. The first kappa shape index (κ1) is 13.9. The predicted octanol–water partition coefficient (Wildman–Crippen LogP) is 0.172. The fourth-order valence-electron chi connectivity index (χ4n) is 1.04. The Morgan fingerprint density at radius 1 is 1.36 bits per heavy atom. The van der Waals surface area contributed by atoms with E-state index in [0.29, 0.717) is 19.4 Å². The Hall–Kier alpha value is -0.130. The molecule has 0 heterocycles. The summed E-state index contributed by atoms with van der Waals surface area (Å²) >= 11 is 0. The molecule has 0 rings (SSSR count). The van der Waals surface area contributed by atoms with Crippen LogP contribution in [-0.4, -0.2) is 44.2 Å². The Labute approximate surface area is 86.6 Å². The molecule has 0 saturated carbocycles. The van der Waals surface area contributed by atoms with E-state index in [1.165, 1.54) is 0 Å². The lowest BCUT2D eigenvalue weighted by atomic mass is 9.99. The summed E-state index contributed by atoms with van der Waals surface area (Å²) in [6.45, 7) is 3.99. The number of sulfone groups is 1. The molecular formula is C9H21NO3S. The van der Waals surface area contributed by atoms with Gasteiger partial charge in [0.05, 0.1) is 11.4 Å². The lowest BCUT2D eigenvalue weighted by Gasteiger charge is -2.22. The van der Waals surface area contributed by atoms with Crippen molar-refractivity contribution < 1.29 is 13.5 Å². The first-order valence-electron chi connectivity index (χ1n) is 4.90. The van der Waals surface area contributed by atoms with Crippen LogP contribution in [-0.2, 0) is 9.84 Å². The largest absolute Gasteiger partial charge is 0.390 e. The van der Waals surface area contributed by atoms with E-state index >= 15 is 0 Å². The summed E-state index contributed by atoms with van der Waals surface area (Å²) in [5.41, 5.74) is -0.884. The third-order valence-corrected chi connectivity index (χ3v) is 4.01. The molecule has 1 atom stereocenters. The van der Waals surface area contributed by atoms with E-state index in [1.807, 2.05) is 0 Å². The van der Waals surface area contributed by atoms with Crippen LogP contribution in [0.1, 0.15) is 26.7 Å². The van der Waals surface area contributed by atoms with Gasteiger partial charge in [0.15, 0.2) is 0 Å². The van der Waals surface area contributed by atoms with E-state index in [0.717, 1.165) is 0 Å². The maximum Gasteiger partial charge on any atom is 0.150 e. The fraction of sp³-hybridized carbons (Fsp3) is 1.00. The van der Waals surface area contributed by atoms with Crippen LogP contribution >= 0.6 is 0 Å². The summed E-state index contributed by atoms with van der Waals surface area (Å²) in [5.74, 6) is 0.218. The third-order valence-electron chi connectivity index (χ3n) is 2.31. The molecule has 0 aromatic heterocycles. The lowest BCUT2D eigenvalue weighted by Crippen LogP contribution is -2.31. The van der Waals surface area contributed by atoms with Gasteiger partial charge in [-0.1, -0.05) is 6.92 Å². The second-order valence-corrected chi connectivity index (χ2v) is 6.31. The average molecular weight is 223 g/mol. The zero-order valence-electron chi connectivity index (χ0n) is 9.21. The minimum Gasteiger partial charge on any atom is -0.390 e. The van der Waals surface area contributed by atoms with Gasteiger partial charge in [-0.3, -0.25) is 0 Å². The SMILES string of the molecule is CCS(=O)(=O)CCC(C)(O)CCNC. The van der Waals surface area contributed by atoms with Crippen molar-refractivity contribution in [3.8, 4) is 0 Å². The second kappa shape index (κ2) is 5.68. The molecule has 0 fully saturated rings. The van der Waals surface area contributed by atoms with E-state index < -0.39 is 15.4 Å². The summed E-state index contributed by atoms with van der Waals surface area (Å²) in [6, 6.07) is 0. The van der Waals surface area contributed by atoms with Gasteiger partial charge in [-0.05, 0) is 33.4 Å². The van der Waals surface area contributed by atoms with Crippen LogP contribution < -0.4 is 5.32 Å². The molecule has 4 nitrogen and oxygen atoms in total. The number of rotatable bonds is 7. The Morgan fingerprint density at radius 3 is 2.36 bits per heavy atom. The molecule has 2 N–H and O–H groups in total. The molecule has 0 spiro atoms. The Bertz CT molecular complexity index is 247. The van der Waals surface area contributed by atoms with Gasteiger partial charge in [-0.2, -0.15) is 0 Å². The highest BCUT2D eigenvalue weighted by molar-refractivity contribution is 7.91. The number of hydrogen-bond donors (Lipinski definition) is 2. The van der Waals surface area contributed by atoms with E-state index in [2.05, 4.69) is 5.32 Å². The van der Waals surface area contributed by atoms with Crippen molar-refractivity contribution in [3.63, 3.8) is 0 Å². The van der Waals surface area contributed by atoms with Gasteiger partial charge in [-0.15, -0.1) is 0 Å². The molecule has 1 unspecified atom stereocenters. The molecule has 14 heavy (non-hydrogen) atoms. The highest BCUT2D eigenvalue weighted by atomic mass is 32.2. The summed E-state index contributed by atoms with van der Waals surface area (Å²) in [4.78, 5) is 0. The molecular weight excluding hydrogens is 202 g/mol. The van der Waals surface area contributed by atoms with Gasteiger partial charge in [0.2, 0.25) is 0 Å². The van der Waals surface area contributed by atoms with Crippen molar-refractivity contribution in [1.82, 2.24) is 5.32 Å². The van der Waals surface area contributed by atoms with Crippen LogP contribution in [0.3, 0.4) is 0 Å². The predicted molar refractivity (Wildman–Crippen MR) is 58.1 cm³/mol. The molecule has 0 bridgehead atoms. The molecule has 0 aliphatic heterocycles. The van der Waals surface area contributed by atoms with Gasteiger partial charge in [0.1, 0.15) is 9.84 Å². The zero-order chi connectivity index (χ0) is 11.2. The molecule has 0 amide bonds. The molecule has 0 aliphatic rings. The second-order valence-electron chi connectivity index (χ2n) is 3.84. The van der Waals surface area contributed by atoms with Gasteiger partial charge in [0.25, 0.3) is 0 Å². The molecule has 86 valence electrons. The molecule has 0 radical (unpaired) electrons. The summed E-state index contributed by atoms with van der Waals surface area (Å²) < 4.78 is 22.4. The first-order valence-corrected chi connectivity index (χ1v) is 6.72. The van der Waals surface area contributed by atoms with Crippen LogP contribution in [0.15, 0.2) is 0 Å². The minimum absolute atomic E-state index is 0.0697. The van der Waals surface area contributed by atoms with Crippen molar-refractivity contribution in [2.24, 2.45) is 0 Å². The Kier molecular flexibility index (Phi) is 5.63. The Morgan fingerprint density at radius 2 is 1.93 bits per heavy atom. The van der Waals surface area contributed by atoms with Crippen molar-refractivity contribution in [1.29, 1.82) is 0 Å². The monoisotopic (exact) mass is 223 g/mol. The van der Waals surface area contributed by atoms with Crippen LogP contribution in [0, 0.1) is 0 Å². The van der Waals surface area contributed by atoms with Crippen molar-refractivity contribution in [2.75, 3.05) is 25.1 Å². The van der Waals surface area contributed by atoms with E-state index in [4.69, 9.17) is 0 Å². The minimum atomic E-state index is -2.96. The molecule has 5 heteroatoms. The van der Waals surface area contributed by atoms with Crippen LogP contribution in [0.4, 0.5) is 0 Å². The molecule has 0 aliphatic carbocycles. The molecule has 0 saturated heterocycles. The Balaban J connectivity index is 3.98. The lowest BCUT2D eigenvalue weighted by molar-refractivity contribution is 0.0485. The van der Waals surface area contributed by atoms with E-state index in [1.54, 1.807) is 20.9 Å². The summed E-state index contributed by atoms with van der Waals surface area (Å²) in [7, 11) is -1.15. The standard InChI is InChI=1S/C9H21NO3S/c1-4-14(12,13)8-6-9(2,11)5-7-10-3/h10-11H,4-8H2,1-3H3. The first-order chi connectivity index (χ1) is 6.33. The van der Waals surface area contributed by atoms with Gasteiger partial charge < -0.3 is 10.4 Å². The smallest absolute Gasteiger partial charge is 0.150 e. The van der Waals surface area contributed by atoms with E-state index in [-0.39, 0.29) is 11.5 Å². The van der Waals surface area contributed by atoms with Gasteiger partial charge in [0, 0.05) is 5.75 Å². The number of aliphatic hydroxyl groups is 1. The number of hydrogen-bond acceptors (Lipinski definition) is 4. The van der Waals surface area contributed by atoms with Crippen LogP contribution in [0.25, 0.3) is 0 Å². The average Bonchev–Trinajstić information content (AvgIpc) is 2.12. The van der Waals surface area contributed by atoms with Crippen molar-refractivity contribution >= 4 is 9.84 Å². The highest BCUT2D eigenvalue weighted by Crippen LogP contribution is 2.14. The quantitative estimate of drug-likeness (QED) is 0.646.